The first kappa shape index (κ1) is 22.1. The van der Waals surface area contributed by atoms with Gasteiger partial charge in [0.05, 0.1) is 11.2 Å². The number of pyridine rings is 1. The molecule has 0 atom stereocenters. The standard InChI is InChI=1S/C35H22N2OS/c1-3-10-23(11-4-1)29-21-25-17-18-27(32-16-9-19-39-32)20-28(25)35-33(24-12-5-2-6-13-24)34(36-37(29)35)31-22-26-14-7-8-15-30(26)38-31/h1-22H. The van der Waals surface area contributed by atoms with Gasteiger partial charge in [0.2, 0.25) is 0 Å². The number of thiophene rings is 1. The van der Waals surface area contributed by atoms with E-state index in [4.69, 9.17) is 9.52 Å². The lowest BCUT2D eigenvalue weighted by Crippen LogP contribution is -1.96. The third-order valence-corrected chi connectivity index (χ3v) is 8.23. The van der Waals surface area contributed by atoms with Crippen LogP contribution < -0.4 is 0 Å². The fourth-order valence-electron chi connectivity index (χ4n) is 5.50. The summed E-state index contributed by atoms with van der Waals surface area (Å²) in [5.74, 6) is 0.764. The van der Waals surface area contributed by atoms with Crippen molar-refractivity contribution in [1.29, 1.82) is 0 Å². The van der Waals surface area contributed by atoms with Gasteiger partial charge in [0.25, 0.3) is 0 Å². The number of fused-ring (bicyclic) bond motifs is 4. The van der Waals surface area contributed by atoms with Crippen LogP contribution in [0.1, 0.15) is 0 Å². The molecule has 0 saturated carbocycles. The molecule has 3 nitrogen and oxygen atoms in total. The Hall–Kier alpha value is -4.93. The highest BCUT2D eigenvalue weighted by molar-refractivity contribution is 7.13. The van der Waals surface area contributed by atoms with Crippen molar-refractivity contribution in [3.63, 3.8) is 0 Å². The summed E-state index contributed by atoms with van der Waals surface area (Å²) in [5, 5.41) is 10.8. The van der Waals surface area contributed by atoms with Gasteiger partial charge in [-0.2, -0.15) is 5.10 Å². The normalized spacial score (nSPS) is 11.6. The lowest BCUT2D eigenvalue weighted by Gasteiger charge is -2.11. The van der Waals surface area contributed by atoms with E-state index in [0.29, 0.717) is 0 Å². The lowest BCUT2D eigenvalue weighted by atomic mass is 9.97. The van der Waals surface area contributed by atoms with Crippen molar-refractivity contribution < 1.29 is 4.42 Å². The summed E-state index contributed by atoms with van der Waals surface area (Å²) in [5.41, 5.74) is 8.31. The van der Waals surface area contributed by atoms with E-state index in [1.54, 1.807) is 11.3 Å². The summed E-state index contributed by atoms with van der Waals surface area (Å²) in [6, 6.07) is 44.6. The number of rotatable bonds is 4. The Morgan fingerprint density at radius 3 is 2.15 bits per heavy atom. The fourth-order valence-corrected chi connectivity index (χ4v) is 6.22. The molecule has 0 saturated heterocycles. The number of aromatic nitrogens is 2. The molecule has 39 heavy (non-hydrogen) atoms. The summed E-state index contributed by atoms with van der Waals surface area (Å²) >= 11 is 1.76. The Balaban J connectivity index is 1.54. The van der Waals surface area contributed by atoms with Crippen molar-refractivity contribution in [2.75, 3.05) is 0 Å². The summed E-state index contributed by atoms with van der Waals surface area (Å²) < 4.78 is 8.52. The molecular formula is C35H22N2OS. The van der Waals surface area contributed by atoms with Crippen molar-refractivity contribution in [3.8, 4) is 44.3 Å². The van der Waals surface area contributed by atoms with E-state index in [1.807, 2.05) is 24.3 Å². The Labute approximate surface area is 229 Å². The van der Waals surface area contributed by atoms with E-state index in [9.17, 15) is 0 Å². The molecule has 0 amide bonds. The summed E-state index contributed by atoms with van der Waals surface area (Å²) in [6.07, 6.45) is 0. The second kappa shape index (κ2) is 8.83. The number of hydrogen-bond donors (Lipinski definition) is 0. The van der Waals surface area contributed by atoms with Crippen molar-refractivity contribution >= 4 is 38.6 Å². The van der Waals surface area contributed by atoms with Gasteiger partial charge in [0.1, 0.15) is 11.3 Å². The van der Waals surface area contributed by atoms with Crippen molar-refractivity contribution in [2.24, 2.45) is 0 Å². The lowest BCUT2D eigenvalue weighted by molar-refractivity contribution is 0.628. The first-order valence-corrected chi connectivity index (χ1v) is 13.8. The molecule has 8 rings (SSSR count). The quantitative estimate of drug-likeness (QED) is 0.232. The van der Waals surface area contributed by atoms with Gasteiger partial charge < -0.3 is 4.42 Å². The van der Waals surface area contributed by atoms with Crippen LogP contribution in [0.2, 0.25) is 0 Å². The highest BCUT2D eigenvalue weighted by Crippen LogP contribution is 2.43. The minimum atomic E-state index is 0.764. The highest BCUT2D eigenvalue weighted by atomic mass is 32.1. The molecule has 184 valence electrons. The third kappa shape index (κ3) is 3.61. The molecule has 0 bridgehead atoms. The van der Waals surface area contributed by atoms with Gasteiger partial charge in [-0.25, -0.2) is 4.52 Å². The van der Waals surface area contributed by atoms with Gasteiger partial charge in [-0.3, -0.25) is 0 Å². The first-order valence-electron chi connectivity index (χ1n) is 13.0. The molecule has 4 heteroatoms. The molecule has 0 unspecified atom stereocenters. The average molecular weight is 519 g/mol. The Bertz CT molecular complexity index is 2070. The minimum Gasteiger partial charge on any atom is -0.454 e. The molecule has 4 heterocycles. The average Bonchev–Trinajstić information content (AvgIpc) is 3.76. The SMILES string of the molecule is c1ccc(-c2c(-c3cc4ccccc4o3)nn3c(-c4ccccc4)cc4ccc(-c5cccs5)cc4c23)cc1. The molecule has 0 aliphatic carbocycles. The van der Waals surface area contributed by atoms with Crippen molar-refractivity contribution in [2.45, 2.75) is 0 Å². The first-order chi connectivity index (χ1) is 19.3. The maximum absolute atomic E-state index is 6.41. The Morgan fingerprint density at radius 2 is 1.38 bits per heavy atom. The maximum Gasteiger partial charge on any atom is 0.156 e. The van der Waals surface area contributed by atoms with Gasteiger partial charge in [0, 0.05) is 26.8 Å². The Kier molecular flexibility index (Phi) is 5.00. The van der Waals surface area contributed by atoms with Crippen LogP contribution in [0.15, 0.2) is 137 Å². The van der Waals surface area contributed by atoms with E-state index in [1.165, 1.54) is 15.8 Å². The predicted octanol–water partition coefficient (Wildman–Crippen LogP) is 9.96. The van der Waals surface area contributed by atoms with Crippen LogP contribution in [0.25, 0.3) is 71.5 Å². The van der Waals surface area contributed by atoms with Crippen LogP contribution in [0.4, 0.5) is 0 Å². The summed E-state index contributed by atoms with van der Waals surface area (Å²) in [4.78, 5) is 1.25. The van der Waals surface area contributed by atoms with Gasteiger partial charge in [-0.1, -0.05) is 97.1 Å². The van der Waals surface area contributed by atoms with E-state index in [2.05, 4.69) is 113 Å². The molecule has 0 aliphatic rings. The Morgan fingerprint density at radius 1 is 0.615 bits per heavy atom. The van der Waals surface area contributed by atoms with E-state index in [-0.39, 0.29) is 0 Å². The van der Waals surface area contributed by atoms with Gasteiger partial charge in [-0.15, -0.1) is 11.3 Å². The smallest absolute Gasteiger partial charge is 0.156 e. The molecule has 0 spiro atoms. The molecule has 8 aromatic rings. The highest BCUT2D eigenvalue weighted by Gasteiger charge is 2.23. The molecule has 0 radical (unpaired) electrons. The molecule has 4 aromatic carbocycles. The van der Waals surface area contributed by atoms with Crippen molar-refractivity contribution in [3.05, 3.63) is 133 Å². The maximum atomic E-state index is 6.41. The second-order valence-corrected chi connectivity index (χ2v) is 10.6. The van der Waals surface area contributed by atoms with Crippen LogP contribution in [0, 0.1) is 0 Å². The topological polar surface area (TPSA) is 30.4 Å². The molecule has 0 fully saturated rings. The fraction of sp³-hybridized carbons (Fsp3) is 0. The number of benzene rings is 4. The zero-order valence-electron chi connectivity index (χ0n) is 20.9. The molecule has 4 aromatic heterocycles. The van der Waals surface area contributed by atoms with E-state index >= 15 is 0 Å². The zero-order valence-corrected chi connectivity index (χ0v) is 21.7. The summed E-state index contributed by atoms with van der Waals surface area (Å²) in [7, 11) is 0. The number of nitrogens with zero attached hydrogens (tertiary/aromatic N) is 2. The zero-order chi connectivity index (χ0) is 25.8. The number of hydrogen-bond acceptors (Lipinski definition) is 3. The van der Waals surface area contributed by atoms with Crippen LogP contribution in [0.5, 0.6) is 0 Å². The van der Waals surface area contributed by atoms with Crippen LogP contribution >= 0.6 is 11.3 Å². The molecular weight excluding hydrogens is 496 g/mol. The van der Waals surface area contributed by atoms with Crippen LogP contribution in [0.3, 0.4) is 0 Å². The van der Waals surface area contributed by atoms with Crippen molar-refractivity contribution in [1.82, 2.24) is 9.61 Å². The van der Waals surface area contributed by atoms with Gasteiger partial charge in [0.15, 0.2) is 5.76 Å². The van der Waals surface area contributed by atoms with Crippen LogP contribution in [-0.4, -0.2) is 9.61 Å². The van der Waals surface area contributed by atoms with Gasteiger partial charge in [-0.05, 0) is 52.2 Å². The van der Waals surface area contributed by atoms with E-state index < -0.39 is 0 Å². The van der Waals surface area contributed by atoms with E-state index in [0.717, 1.165) is 55.7 Å². The monoisotopic (exact) mass is 518 g/mol. The second-order valence-electron chi connectivity index (χ2n) is 9.67. The minimum absolute atomic E-state index is 0.764. The summed E-state index contributed by atoms with van der Waals surface area (Å²) in [6.45, 7) is 0. The number of furan rings is 1. The van der Waals surface area contributed by atoms with Gasteiger partial charge >= 0.3 is 0 Å². The number of para-hydroxylation sites is 1. The third-order valence-electron chi connectivity index (χ3n) is 7.31. The largest absolute Gasteiger partial charge is 0.454 e. The van der Waals surface area contributed by atoms with Crippen LogP contribution in [-0.2, 0) is 0 Å². The predicted molar refractivity (Wildman–Crippen MR) is 162 cm³/mol. The molecule has 0 aliphatic heterocycles. The molecule has 0 N–H and O–H groups in total.